The van der Waals surface area contributed by atoms with Gasteiger partial charge in [-0.25, -0.2) is 0 Å². The number of carboxylic acids is 1. The quantitative estimate of drug-likeness (QED) is 0.851. The second-order valence-corrected chi connectivity index (χ2v) is 8.70. The van der Waals surface area contributed by atoms with E-state index in [1.54, 1.807) is 0 Å². The van der Waals surface area contributed by atoms with E-state index in [0.29, 0.717) is 37.7 Å². The van der Waals surface area contributed by atoms with Gasteiger partial charge in [0.25, 0.3) is 5.91 Å². The van der Waals surface area contributed by atoms with Crippen LogP contribution in [0.2, 0.25) is 0 Å². The maximum Gasteiger partial charge on any atom is 0.320 e. The predicted molar refractivity (Wildman–Crippen MR) is 103 cm³/mol. The molecule has 3 heterocycles. The number of hydrogen-bond acceptors (Lipinski definition) is 4. The van der Waals surface area contributed by atoms with Crippen molar-refractivity contribution in [3.8, 4) is 0 Å². The van der Waals surface area contributed by atoms with Gasteiger partial charge in [-0.1, -0.05) is 13.8 Å². The normalized spacial score (nSPS) is 22.7. The van der Waals surface area contributed by atoms with E-state index in [9.17, 15) is 14.7 Å². The first-order chi connectivity index (χ1) is 12.7. The van der Waals surface area contributed by atoms with Gasteiger partial charge in [0.1, 0.15) is 11.7 Å². The molecule has 1 aromatic heterocycles. The zero-order chi connectivity index (χ0) is 19.8. The van der Waals surface area contributed by atoms with Crippen molar-refractivity contribution in [3.63, 3.8) is 0 Å². The molecule has 7 nitrogen and oxygen atoms in total. The molecule has 0 unspecified atom stereocenters. The molecule has 3 rings (SSSR count). The van der Waals surface area contributed by atoms with E-state index in [-0.39, 0.29) is 11.3 Å². The smallest absolute Gasteiger partial charge is 0.320 e. The summed E-state index contributed by atoms with van der Waals surface area (Å²) in [5, 5.41) is 14.0. The first kappa shape index (κ1) is 19.9. The molecule has 2 fully saturated rings. The van der Waals surface area contributed by atoms with Gasteiger partial charge < -0.3 is 10.0 Å². The van der Waals surface area contributed by atoms with E-state index < -0.39 is 12.0 Å². The summed E-state index contributed by atoms with van der Waals surface area (Å²) in [7, 11) is 1.89. The van der Waals surface area contributed by atoms with Crippen molar-refractivity contribution >= 4 is 11.9 Å². The second kappa shape index (κ2) is 7.62. The molecule has 1 amide bonds. The summed E-state index contributed by atoms with van der Waals surface area (Å²) in [5.41, 5.74) is 1.68. The summed E-state index contributed by atoms with van der Waals surface area (Å²) in [6.07, 6.45) is 3.30. The van der Waals surface area contributed by atoms with Crippen LogP contribution in [0.25, 0.3) is 0 Å². The number of rotatable bonds is 5. The third-order valence-electron chi connectivity index (χ3n) is 6.11. The number of carboxylic acid groups (broad SMARTS) is 1. The summed E-state index contributed by atoms with van der Waals surface area (Å²) in [5.74, 6) is -0.183. The molecule has 1 atom stereocenters. The summed E-state index contributed by atoms with van der Waals surface area (Å²) in [6, 6.07) is 1.55. The molecule has 1 spiro atoms. The number of amides is 1. The average molecular weight is 377 g/mol. The van der Waals surface area contributed by atoms with Crippen LogP contribution >= 0.6 is 0 Å². The van der Waals surface area contributed by atoms with Gasteiger partial charge in [0.15, 0.2) is 0 Å². The van der Waals surface area contributed by atoms with E-state index in [2.05, 4.69) is 18.9 Å². The number of hydrogen-bond donors (Lipinski definition) is 1. The Hall–Kier alpha value is -1.89. The zero-order valence-electron chi connectivity index (χ0n) is 16.9. The first-order valence-corrected chi connectivity index (χ1v) is 10.0. The van der Waals surface area contributed by atoms with Crippen molar-refractivity contribution < 1.29 is 14.7 Å². The van der Waals surface area contributed by atoms with E-state index in [0.717, 1.165) is 31.5 Å². The van der Waals surface area contributed by atoms with Gasteiger partial charge in [0, 0.05) is 26.2 Å². The number of carbonyl (C=O) groups is 2. The predicted octanol–water partition coefficient (Wildman–Crippen LogP) is 2.11. The highest BCUT2D eigenvalue weighted by Crippen LogP contribution is 2.43. The molecule has 1 aromatic rings. The lowest BCUT2D eigenvalue weighted by molar-refractivity contribution is -0.141. The Balaban J connectivity index is 1.67. The number of aliphatic carboxylic acids is 1. The monoisotopic (exact) mass is 376 g/mol. The number of likely N-dealkylation sites (N-methyl/N-ethyl adjacent to an activating group) is 1. The first-order valence-electron chi connectivity index (χ1n) is 10.0. The minimum Gasteiger partial charge on any atom is -0.480 e. The molecular weight excluding hydrogens is 344 g/mol. The van der Waals surface area contributed by atoms with Gasteiger partial charge in [-0.05, 0) is 57.1 Å². The molecule has 2 aliphatic rings. The number of likely N-dealkylation sites (tertiary alicyclic amines) is 2. The SMILES string of the molecule is CCn1nc(CC(C)C)cc1C(=O)N1CCC2(CC1)C[C@H](C(=O)O)N(C)C2. The molecular formula is C20H32N4O3. The van der Waals surface area contributed by atoms with Crippen molar-refractivity contribution in [2.45, 2.75) is 59.0 Å². The lowest BCUT2D eigenvalue weighted by atomic mass is 9.76. The largest absolute Gasteiger partial charge is 0.480 e. The fourth-order valence-electron chi connectivity index (χ4n) is 4.66. The molecule has 0 aliphatic carbocycles. The van der Waals surface area contributed by atoms with Crippen molar-refractivity contribution in [1.82, 2.24) is 19.6 Å². The standard InChI is InChI=1S/C20H32N4O3/c1-5-24-16(11-15(21-24)10-14(2)3)18(25)23-8-6-20(7-9-23)12-17(19(26)27)22(4)13-20/h11,14,17H,5-10,12-13H2,1-4H3,(H,26,27)/t17-/m1/s1. The van der Waals surface area contributed by atoms with E-state index in [4.69, 9.17) is 0 Å². The third kappa shape index (κ3) is 4.03. The van der Waals surface area contributed by atoms with Crippen LogP contribution < -0.4 is 0 Å². The summed E-state index contributed by atoms with van der Waals surface area (Å²) < 4.78 is 1.81. The zero-order valence-corrected chi connectivity index (χ0v) is 16.9. The molecule has 7 heteroatoms. The number of piperidine rings is 1. The van der Waals surface area contributed by atoms with Crippen LogP contribution in [0.4, 0.5) is 0 Å². The van der Waals surface area contributed by atoms with Gasteiger partial charge in [-0.3, -0.25) is 19.2 Å². The Kier molecular flexibility index (Phi) is 5.60. The van der Waals surface area contributed by atoms with E-state index >= 15 is 0 Å². The summed E-state index contributed by atoms with van der Waals surface area (Å²) >= 11 is 0. The molecule has 150 valence electrons. The maximum atomic E-state index is 13.1. The molecule has 1 N–H and O–H groups in total. The van der Waals surface area contributed by atoms with Gasteiger partial charge in [0.05, 0.1) is 5.69 Å². The fourth-order valence-corrected chi connectivity index (χ4v) is 4.66. The number of carbonyl (C=O) groups excluding carboxylic acids is 1. The van der Waals surface area contributed by atoms with Crippen molar-refractivity contribution in [3.05, 3.63) is 17.5 Å². The Labute approximate surface area is 161 Å². The maximum absolute atomic E-state index is 13.1. The van der Waals surface area contributed by atoms with Crippen molar-refractivity contribution in [2.24, 2.45) is 11.3 Å². The molecule has 2 aliphatic heterocycles. The molecule has 0 saturated carbocycles. The van der Waals surface area contributed by atoms with E-state index in [1.807, 2.05) is 34.5 Å². The van der Waals surface area contributed by atoms with Crippen LogP contribution in [-0.2, 0) is 17.8 Å². The Morgan fingerprint density at radius 1 is 1.33 bits per heavy atom. The Bertz CT molecular complexity index is 704. The Morgan fingerprint density at radius 3 is 2.52 bits per heavy atom. The Morgan fingerprint density at radius 2 is 2.00 bits per heavy atom. The van der Waals surface area contributed by atoms with Crippen LogP contribution in [0.5, 0.6) is 0 Å². The number of nitrogens with zero attached hydrogens (tertiary/aromatic N) is 4. The number of aryl methyl sites for hydroxylation is 1. The summed E-state index contributed by atoms with van der Waals surface area (Å²) in [4.78, 5) is 28.4. The highest BCUT2D eigenvalue weighted by molar-refractivity contribution is 5.92. The van der Waals surface area contributed by atoms with E-state index in [1.165, 1.54) is 0 Å². The van der Waals surface area contributed by atoms with Gasteiger partial charge in [-0.15, -0.1) is 0 Å². The molecule has 0 bridgehead atoms. The highest BCUT2D eigenvalue weighted by atomic mass is 16.4. The molecule has 0 radical (unpaired) electrons. The van der Waals surface area contributed by atoms with Crippen LogP contribution in [0.3, 0.4) is 0 Å². The van der Waals surface area contributed by atoms with Crippen LogP contribution in [0.15, 0.2) is 6.07 Å². The van der Waals surface area contributed by atoms with Crippen LogP contribution in [0.1, 0.15) is 56.2 Å². The van der Waals surface area contributed by atoms with Crippen molar-refractivity contribution in [2.75, 3.05) is 26.7 Å². The lowest BCUT2D eigenvalue weighted by Crippen LogP contribution is -2.44. The van der Waals surface area contributed by atoms with Crippen LogP contribution in [-0.4, -0.2) is 69.3 Å². The minimum absolute atomic E-state index is 0.0301. The topological polar surface area (TPSA) is 78.7 Å². The molecule has 0 aromatic carbocycles. The fraction of sp³-hybridized carbons (Fsp3) is 0.750. The third-order valence-corrected chi connectivity index (χ3v) is 6.11. The van der Waals surface area contributed by atoms with Gasteiger partial charge >= 0.3 is 5.97 Å². The van der Waals surface area contributed by atoms with Gasteiger partial charge in [0.2, 0.25) is 0 Å². The number of aromatic nitrogens is 2. The highest BCUT2D eigenvalue weighted by Gasteiger charge is 2.47. The van der Waals surface area contributed by atoms with Crippen LogP contribution in [0, 0.1) is 11.3 Å². The lowest BCUT2D eigenvalue weighted by Gasteiger charge is -2.39. The van der Waals surface area contributed by atoms with Crippen molar-refractivity contribution in [1.29, 1.82) is 0 Å². The average Bonchev–Trinajstić information content (AvgIpc) is 3.15. The second-order valence-electron chi connectivity index (χ2n) is 8.70. The molecule has 27 heavy (non-hydrogen) atoms. The molecule has 2 saturated heterocycles. The summed E-state index contributed by atoms with van der Waals surface area (Å²) in [6.45, 7) is 9.17. The van der Waals surface area contributed by atoms with Gasteiger partial charge in [-0.2, -0.15) is 5.10 Å². The minimum atomic E-state index is -0.739.